The largest absolute Gasteiger partial charge is 0.319 e. The van der Waals surface area contributed by atoms with Gasteiger partial charge < -0.3 is 5.32 Å². The lowest BCUT2D eigenvalue weighted by Gasteiger charge is -2.25. The van der Waals surface area contributed by atoms with Gasteiger partial charge in [0.15, 0.2) is 0 Å². The van der Waals surface area contributed by atoms with Crippen molar-refractivity contribution in [1.82, 2.24) is 10.2 Å². The molecule has 2 nitrogen and oxygen atoms in total. The fraction of sp³-hybridized carbons (Fsp3) is 0.538. The lowest BCUT2D eigenvalue weighted by Crippen LogP contribution is -2.26. The van der Waals surface area contributed by atoms with Crippen molar-refractivity contribution >= 4 is 27.5 Å². The van der Waals surface area contributed by atoms with Crippen LogP contribution in [0.4, 0.5) is 0 Å². The molecule has 0 radical (unpaired) electrons. The first-order valence-corrected chi connectivity index (χ1v) is 7.10. The van der Waals surface area contributed by atoms with Gasteiger partial charge in [-0.25, -0.2) is 0 Å². The third-order valence-electron chi connectivity index (χ3n) is 3.53. The summed E-state index contributed by atoms with van der Waals surface area (Å²) < 4.78 is 0.966. The van der Waals surface area contributed by atoms with E-state index in [0.29, 0.717) is 12.0 Å². The smallest absolute Gasteiger partial charge is 0.0551 e. The van der Waals surface area contributed by atoms with Crippen LogP contribution in [0, 0.1) is 5.92 Å². The molecule has 0 amide bonds. The SMILES string of the molecule is CNCC1CCN(C)C1c1ccc(Br)c(Cl)c1. The van der Waals surface area contributed by atoms with E-state index in [1.165, 1.54) is 12.0 Å². The van der Waals surface area contributed by atoms with Gasteiger partial charge in [-0.15, -0.1) is 0 Å². The summed E-state index contributed by atoms with van der Waals surface area (Å²) in [5, 5.41) is 4.08. The number of rotatable bonds is 3. The lowest BCUT2D eigenvalue weighted by molar-refractivity contribution is 0.274. The highest BCUT2D eigenvalue weighted by Gasteiger charge is 2.32. The highest BCUT2D eigenvalue weighted by atomic mass is 79.9. The lowest BCUT2D eigenvalue weighted by atomic mass is 9.94. The van der Waals surface area contributed by atoms with Crippen LogP contribution in [0.15, 0.2) is 22.7 Å². The molecule has 1 saturated heterocycles. The molecule has 0 saturated carbocycles. The van der Waals surface area contributed by atoms with Gasteiger partial charge in [-0.05, 0) is 73.1 Å². The number of benzene rings is 1. The Balaban J connectivity index is 2.26. The second kappa shape index (κ2) is 5.70. The van der Waals surface area contributed by atoms with Crippen molar-refractivity contribution in [3.63, 3.8) is 0 Å². The molecule has 0 aromatic heterocycles. The highest BCUT2D eigenvalue weighted by Crippen LogP contribution is 2.37. The number of halogens is 2. The van der Waals surface area contributed by atoms with E-state index in [1.807, 2.05) is 13.1 Å². The summed E-state index contributed by atoms with van der Waals surface area (Å²) in [5.74, 6) is 0.669. The molecular formula is C13H18BrClN2. The quantitative estimate of drug-likeness (QED) is 0.920. The van der Waals surface area contributed by atoms with Crippen LogP contribution >= 0.6 is 27.5 Å². The van der Waals surface area contributed by atoms with Crippen LogP contribution in [-0.2, 0) is 0 Å². The molecule has 1 aliphatic heterocycles. The molecule has 17 heavy (non-hydrogen) atoms. The van der Waals surface area contributed by atoms with Crippen molar-refractivity contribution in [1.29, 1.82) is 0 Å². The molecule has 94 valence electrons. The average Bonchev–Trinajstić information content (AvgIpc) is 2.65. The molecule has 1 heterocycles. The van der Waals surface area contributed by atoms with Crippen molar-refractivity contribution in [2.24, 2.45) is 5.92 Å². The van der Waals surface area contributed by atoms with Crippen LogP contribution in [0.5, 0.6) is 0 Å². The van der Waals surface area contributed by atoms with Crippen LogP contribution in [0.25, 0.3) is 0 Å². The van der Waals surface area contributed by atoms with E-state index in [0.717, 1.165) is 22.6 Å². The Hall–Kier alpha value is -0.0900. The zero-order valence-corrected chi connectivity index (χ0v) is 12.6. The van der Waals surface area contributed by atoms with Crippen molar-refractivity contribution in [2.45, 2.75) is 12.5 Å². The Morgan fingerprint density at radius 2 is 2.29 bits per heavy atom. The molecule has 1 fully saturated rings. The fourth-order valence-electron chi connectivity index (χ4n) is 2.73. The van der Waals surface area contributed by atoms with Crippen molar-refractivity contribution in [3.8, 4) is 0 Å². The highest BCUT2D eigenvalue weighted by molar-refractivity contribution is 9.10. The first-order chi connectivity index (χ1) is 8.13. The molecule has 4 heteroatoms. The standard InChI is InChI=1S/C13H18BrClN2/c1-16-8-10-5-6-17(2)13(10)9-3-4-11(14)12(15)7-9/h3-4,7,10,13,16H,5-6,8H2,1-2H3. The minimum Gasteiger partial charge on any atom is -0.319 e. The van der Waals surface area contributed by atoms with E-state index in [1.54, 1.807) is 0 Å². The molecule has 2 atom stereocenters. The third kappa shape index (κ3) is 2.84. The number of likely N-dealkylation sites (tertiary alicyclic amines) is 1. The molecule has 0 spiro atoms. The first-order valence-electron chi connectivity index (χ1n) is 5.93. The summed E-state index contributed by atoms with van der Waals surface area (Å²) in [6, 6.07) is 6.78. The maximum atomic E-state index is 6.18. The molecule has 1 aromatic rings. The van der Waals surface area contributed by atoms with Crippen LogP contribution in [-0.4, -0.2) is 32.1 Å². The van der Waals surface area contributed by atoms with E-state index in [9.17, 15) is 0 Å². The van der Waals surface area contributed by atoms with Crippen molar-refractivity contribution in [2.75, 3.05) is 27.2 Å². The van der Waals surface area contributed by atoms with Crippen LogP contribution in [0.1, 0.15) is 18.0 Å². The Morgan fingerprint density at radius 1 is 1.53 bits per heavy atom. The minimum atomic E-state index is 0.480. The minimum absolute atomic E-state index is 0.480. The summed E-state index contributed by atoms with van der Waals surface area (Å²) in [6.07, 6.45) is 1.25. The van der Waals surface area contributed by atoms with Gasteiger partial charge in [-0.3, -0.25) is 4.90 Å². The predicted molar refractivity (Wildman–Crippen MR) is 76.6 cm³/mol. The van der Waals surface area contributed by atoms with Gasteiger partial charge in [0.05, 0.1) is 5.02 Å². The topological polar surface area (TPSA) is 15.3 Å². The summed E-state index contributed by atoms with van der Waals surface area (Å²) in [5.41, 5.74) is 1.32. The van der Waals surface area contributed by atoms with E-state index in [-0.39, 0.29) is 0 Å². The van der Waals surface area contributed by atoms with Gasteiger partial charge in [0.1, 0.15) is 0 Å². The number of hydrogen-bond donors (Lipinski definition) is 1. The summed E-state index contributed by atoms with van der Waals surface area (Å²) in [7, 11) is 4.21. The van der Waals surface area contributed by atoms with Crippen LogP contribution < -0.4 is 5.32 Å². The fourth-order valence-corrected chi connectivity index (χ4v) is 3.16. The zero-order chi connectivity index (χ0) is 12.4. The second-order valence-corrected chi connectivity index (χ2v) is 5.97. The molecule has 2 rings (SSSR count). The van der Waals surface area contributed by atoms with E-state index in [4.69, 9.17) is 11.6 Å². The number of nitrogens with one attached hydrogen (secondary N) is 1. The van der Waals surface area contributed by atoms with E-state index in [2.05, 4.69) is 45.3 Å². The van der Waals surface area contributed by atoms with E-state index >= 15 is 0 Å². The average molecular weight is 318 g/mol. The predicted octanol–water partition coefficient (Wildman–Crippen LogP) is 3.31. The van der Waals surface area contributed by atoms with Gasteiger partial charge in [0, 0.05) is 10.5 Å². The molecule has 1 aliphatic rings. The monoisotopic (exact) mass is 316 g/mol. The Morgan fingerprint density at radius 3 is 2.94 bits per heavy atom. The third-order valence-corrected chi connectivity index (χ3v) is 4.76. The maximum absolute atomic E-state index is 6.18. The Labute approximate surface area is 116 Å². The van der Waals surface area contributed by atoms with E-state index < -0.39 is 0 Å². The van der Waals surface area contributed by atoms with Gasteiger partial charge in [0.25, 0.3) is 0 Å². The van der Waals surface area contributed by atoms with Gasteiger partial charge >= 0.3 is 0 Å². The van der Waals surface area contributed by atoms with Crippen LogP contribution in [0.3, 0.4) is 0 Å². The molecule has 0 bridgehead atoms. The summed E-state index contributed by atoms with van der Waals surface area (Å²) >= 11 is 9.62. The Bertz CT molecular complexity index is 395. The second-order valence-electron chi connectivity index (χ2n) is 4.71. The zero-order valence-electron chi connectivity index (χ0n) is 10.2. The Kier molecular flexibility index (Phi) is 4.47. The molecule has 2 unspecified atom stereocenters. The van der Waals surface area contributed by atoms with Gasteiger partial charge in [0.2, 0.25) is 0 Å². The van der Waals surface area contributed by atoms with Crippen molar-refractivity contribution in [3.05, 3.63) is 33.3 Å². The molecule has 1 N–H and O–H groups in total. The molecular weight excluding hydrogens is 300 g/mol. The number of nitrogens with zero attached hydrogens (tertiary/aromatic N) is 1. The first kappa shape index (κ1) is 13.3. The number of hydrogen-bond acceptors (Lipinski definition) is 2. The van der Waals surface area contributed by atoms with Gasteiger partial charge in [-0.1, -0.05) is 17.7 Å². The summed E-state index contributed by atoms with van der Waals surface area (Å²) in [6.45, 7) is 2.22. The molecule has 0 aliphatic carbocycles. The summed E-state index contributed by atoms with van der Waals surface area (Å²) in [4.78, 5) is 2.42. The van der Waals surface area contributed by atoms with Crippen molar-refractivity contribution < 1.29 is 0 Å². The van der Waals surface area contributed by atoms with Crippen LogP contribution in [0.2, 0.25) is 5.02 Å². The maximum Gasteiger partial charge on any atom is 0.0551 e. The normalized spacial score (nSPS) is 25.4. The van der Waals surface area contributed by atoms with Gasteiger partial charge in [-0.2, -0.15) is 0 Å². The molecule has 1 aromatic carbocycles.